The van der Waals surface area contributed by atoms with Crippen molar-refractivity contribution >= 4 is 17.4 Å². The molecule has 0 aliphatic heterocycles. The number of hydrogen-bond acceptors (Lipinski definition) is 2. The van der Waals surface area contributed by atoms with Crippen LogP contribution in [0.25, 0.3) is 0 Å². The zero-order valence-electron chi connectivity index (χ0n) is 13.6. The molecule has 0 saturated carbocycles. The van der Waals surface area contributed by atoms with E-state index < -0.39 is 0 Å². The van der Waals surface area contributed by atoms with Gasteiger partial charge in [-0.05, 0) is 48.4 Å². The van der Waals surface area contributed by atoms with Crippen LogP contribution in [-0.2, 0) is 6.42 Å². The van der Waals surface area contributed by atoms with Gasteiger partial charge in [-0.2, -0.15) is 0 Å². The molecule has 2 rings (SSSR count). The zero-order chi connectivity index (χ0) is 16.5. The van der Waals surface area contributed by atoms with E-state index in [9.17, 15) is 4.79 Å². The number of rotatable bonds is 9. The Balaban J connectivity index is 1.83. The van der Waals surface area contributed by atoms with Crippen molar-refractivity contribution in [3.63, 3.8) is 0 Å². The highest BCUT2D eigenvalue weighted by atomic mass is 35.5. The van der Waals surface area contributed by atoms with Crippen LogP contribution >= 0.6 is 11.6 Å². The van der Waals surface area contributed by atoms with Crippen LogP contribution in [0, 0.1) is 0 Å². The first-order valence-electron chi connectivity index (χ1n) is 8.19. The predicted molar refractivity (Wildman–Crippen MR) is 95.6 cm³/mol. The van der Waals surface area contributed by atoms with Gasteiger partial charge in [0.25, 0.3) is 0 Å². The van der Waals surface area contributed by atoms with Crippen LogP contribution in [0.5, 0.6) is 5.75 Å². The van der Waals surface area contributed by atoms with Crippen molar-refractivity contribution in [3.05, 3.63) is 64.7 Å². The molecule has 0 spiro atoms. The summed E-state index contributed by atoms with van der Waals surface area (Å²) >= 11 is 5.85. The maximum atomic E-state index is 12.3. The van der Waals surface area contributed by atoms with Gasteiger partial charge in [0.1, 0.15) is 5.75 Å². The lowest BCUT2D eigenvalue weighted by Gasteiger charge is -2.07. The normalized spacial score (nSPS) is 10.5. The summed E-state index contributed by atoms with van der Waals surface area (Å²) in [5, 5.41) is 0.682. The van der Waals surface area contributed by atoms with Crippen LogP contribution in [0.3, 0.4) is 0 Å². The predicted octanol–water partition coefficient (Wildman–Crippen LogP) is 5.72. The van der Waals surface area contributed by atoms with Crippen molar-refractivity contribution in [2.24, 2.45) is 0 Å². The molecule has 0 radical (unpaired) electrons. The van der Waals surface area contributed by atoms with Gasteiger partial charge >= 0.3 is 0 Å². The van der Waals surface area contributed by atoms with Gasteiger partial charge in [-0.1, -0.05) is 49.9 Å². The molecule has 2 aromatic carbocycles. The Labute approximate surface area is 143 Å². The molecule has 2 aromatic rings. The fourth-order valence-corrected chi connectivity index (χ4v) is 2.47. The smallest absolute Gasteiger partial charge is 0.167 e. The maximum Gasteiger partial charge on any atom is 0.167 e. The molecule has 0 amide bonds. The largest absolute Gasteiger partial charge is 0.494 e. The Bertz CT molecular complexity index is 603. The van der Waals surface area contributed by atoms with Crippen molar-refractivity contribution in [3.8, 4) is 5.75 Å². The quantitative estimate of drug-likeness (QED) is 0.434. The fourth-order valence-electron chi connectivity index (χ4n) is 2.35. The first-order chi connectivity index (χ1) is 11.2. The summed E-state index contributed by atoms with van der Waals surface area (Å²) in [7, 11) is 0. The van der Waals surface area contributed by atoms with Gasteiger partial charge in [0, 0.05) is 17.0 Å². The van der Waals surface area contributed by atoms with Crippen molar-refractivity contribution in [1.82, 2.24) is 0 Å². The van der Waals surface area contributed by atoms with Crippen molar-refractivity contribution in [2.75, 3.05) is 6.61 Å². The number of unbranched alkanes of at least 4 members (excludes halogenated alkanes) is 3. The number of hydrogen-bond donors (Lipinski definition) is 0. The van der Waals surface area contributed by atoms with Gasteiger partial charge in [0.2, 0.25) is 0 Å². The summed E-state index contributed by atoms with van der Waals surface area (Å²) in [5.41, 5.74) is 1.67. The summed E-state index contributed by atoms with van der Waals surface area (Å²) in [6.07, 6.45) is 5.14. The van der Waals surface area contributed by atoms with E-state index >= 15 is 0 Å². The number of carbonyl (C=O) groups excluding carboxylic acids is 1. The average molecular weight is 331 g/mol. The molecular formula is C20H23ClO2. The number of Topliss-reactive ketones (excluding diaryl/α,β-unsaturated/α-hetero) is 1. The summed E-state index contributed by atoms with van der Waals surface area (Å²) < 4.78 is 5.69. The van der Waals surface area contributed by atoms with E-state index in [0.717, 1.165) is 24.3 Å². The number of carbonyl (C=O) groups is 1. The SMILES string of the molecule is CCCCCCOc1ccc(C(=O)Cc2ccc(Cl)cc2)cc1. The molecule has 0 heterocycles. The molecular weight excluding hydrogens is 308 g/mol. The van der Waals surface area contributed by atoms with Crippen LogP contribution < -0.4 is 4.74 Å². The molecule has 0 aliphatic carbocycles. The van der Waals surface area contributed by atoms with Crippen LogP contribution in [-0.4, -0.2) is 12.4 Å². The molecule has 2 nitrogen and oxygen atoms in total. The maximum absolute atomic E-state index is 12.3. The molecule has 23 heavy (non-hydrogen) atoms. The van der Waals surface area contributed by atoms with Crippen molar-refractivity contribution in [2.45, 2.75) is 39.0 Å². The van der Waals surface area contributed by atoms with Crippen molar-refractivity contribution in [1.29, 1.82) is 0 Å². The summed E-state index contributed by atoms with van der Waals surface area (Å²) in [4.78, 5) is 12.3. The monoisotopic (exact) mass is 330 g/mol. The first kappa shape index (κ1) is 17.6. The highest BCUT2D eigenvalue weighted by Crippen LogP contribution is 2.16. The minimum absolute atomic E-state index is 0.0989. The summed E-state index contributed by atoms with van der Waals surface area (Å²) in [6.45, 7) is 2.93. The minimum Gasteiger partial charge on any atom is -0.494 e. The van der Waals surface area contributed by atoms with Crippen LogP contribution in [0.2, 0.25) is 5.02 Å². The molecule has 0 N–H and O–H groups in total. The Morgan fingerprint density at radius 3 is 2.30 bits per heavy atom. The lowest BCUT2D eigenvalue weighted by Crippen LogP contribution is -2.04. The van der Waals surface area contributed by atoms with Crippen LogP contribution in [0.1, 0.15) is 48.5 Å². The highest BCUT2D eigenvalue weighted by molar-refractivity contribution is 6.30. The molecule has 0 fully saturated rings. The Hall–Kier alpha value is -1.80. The molecule has 122 valence electrons. The standard InChI is InChI=1S/C20H23ClO2/c1-2-3-4-5-14-23-19-12-8-17(9-13-19)20(22)15-16-6-10-18(21)11-7-16/h6-13H,2-5,14-15H2,1H3. The Morgan fingerprint density at radius 2 is 1.65 bits per heavy atom. The average Bonchev–Trinajstić information content (AvgIpc) is 2.57. The summed E-state index contributed by atoms with van der Waals surface area (Å²) in [6, 6.07) is 14.8. The molecule has 3 heteroatoms. The van der Waals surface area contributed by atoms with E-state index in [1.54, 1.807) is 12.1 Å². The molecule has 0 unspecified atom stereocenters. The zero-order valence-corrected chi connectivity index (χ0v) is 14.3. The molecule has 0 aromatic heterocycles. The van der Waals surface area contributed by atoms with Gasteiger partial charge in [-0.3, -0.25) is 4.79 Å². The second-order valence-corrected chi connectivity index (χ2v) is 6.10. The second kappa shape index (κ2) is 9.36. The molecule has 0 aliphatic rings. The van der Waals surface area contributed by atoms with E-state index in [4.69, 9.17) is 16.3 Å². The molecule has 0 bridgehead atoms. The minimum atomic E-state index is 0.0989. The second-order valence-electron chi connectivity index (χ2n) is 5.66. The third-order valence-electron chi connectivity index (χ3n) is 3.72. The Morgan fingerprint density at radius 1 is 0.957 bits per heavy atom. The van der Waals surface area contributed by atoms with Gasteiger partial charge in [0.15, 0.2) is 5.78 Å². The lowest BCUT2D eigenvalue weighted by molar-refractivity contribution is 0.0993. The highest BCUT2D eigenvalue weighted by Gasteiger charge is 2.07. The fraction of sp³-hybridized carbons (Fsp3) is 0.350. The lowest BCUT2D eigenvalue weighted by atomic mass is 10.0. The Kier molecular flexibility index (Phi) is 7.15. The third-order valence-corrected chi connectivity index (χ3v) is 3.97. The van der Waals surface area contributed by atoms with E-state index in [-0.39, 0.29) is 5.78 Å². The van der Waals surface area contributed by atoms with Gasteiger partial charge in [-0.25, -0.2) is 0 Å². The number of halogens is 1. The van der Waals surface area contributed by atoms with E-state index in [1.165, 1.54) is 19.3 Å². The van der Waals surface area contributed by atoms with Crippen LogP contribution in [0.4, 0.5) is 0 Å². The van der Waals surface area contributed by atoms with Gasteiger partial charge in [0.05, 0.1) is 6.61 Å². The van der Waals surface area contributed by atoms with Gasteiger partial charge < -0.3 is 4.74 Å². The summed E-state index contributed by atoms with van der Waals surface area (Å²) in [5.74, 6) is 0.923. The number of benzene rings is 2. The third kappa shape index (κ3) is 6.07. The molecule has 0 atom stereocenters. The van der Waals surface area contributed by atoms with Gasteiger partial charge in [-0.15, -0.1) is 0 Å². The first-order valence-corrected chi connectivity index (χ1v) is 8.57. The molecule has 0 saturated heterocycles. The number of ketones is 1. The number of ether oxygens (including phenoxy) is 1. The topological polar surface area (TPSA) is 26.3 Å². The van der Waals surface area contributed by atoms with E-state index in [2.05, 4.69) is 6.92 Å². The van der Waals surface area contributed by atoms with E-state index in [1.807, 2.05) is 36.4 Å². The van der Waals surface area contributed by atoms with Crippen molar-refractivity contribution < 1.29 is 9.53 Å². The van der Waals surface area contributed by atoms with Crippen LogP contribution in [0.15, 0.2) is 48.5 Å². The van der Waals surface area contributed by atoms with E-state index in [0.29, 0.717) is 17.0 Å².